The van der Waals surface area contributed by atoms with Gasteiger partial charge in [0, 0.05) is 6.54 Å². The van der Waals surface area contributed by atoms with Crippen molar-refractivity contribution in [3.8, 4) is 5.75 Å². The van der Waals surface area contributed by atoms with Gasteiger partial charge in [-0.05, 0) is 24.5 Å². The second-order valence-electron chi connectivity index (χ2n) is 4.60. The van der Waals surface area contributed by atoms with Gasteiger partial charge in [-0.25, -0.2) is 4.79 Å². The fraction of sp³-hybridized carbons (Fsp3) is 0.400. The van der Waals surface area contributed by atoms with E-state index in [4.69, 9.17) is 4.74 Å². The number of carbonyl (C=O) groups is 1. The van der Waals surface area contributed by atoms with Gasteiger partial charge in [-0.1, -0.05) is 38.1 Å². The van der Waals surface area contributed by atoms with Gasteiger partial charge in [0.05, 0.1) is 0 Å². The minimum Gasteiger partial charge on any atom is -0.471 e. The van der Waals surface area contributed by atoms with Gasteiger partial charge in [-0.2, -0.15) is 0 Å². The largest absolute Gasteiger partial charge is 0.471 e. The third-order valence-corrected chi connectivity index (χ3v) is 2.59. The molecule has 19 heavy (non-hydrogen) atoms. The monoisotopic (exact) mass is 262 g/mol. The Labute approximate surface area is 114 Å². The van der Waals surface area contributed by atoms with Crippen LogP contribution >= 0.6 is 0 Å². The quantitative estimate of drug-likeness (QED) is 0.611. The van der Waals surface area contributed by atoms with Gasteiger partial charge in [0.1, 0.15) is 5.75 Å². The highest BCUT2D eigenvalue weighted by Crippen LogP contribution is 2.26. The molecule has 0 aliphatic heterocycles. The molecule has 4 heteroatoms. The van der Waals surface area contributed by atoms with E-state index in [2.05, 4.69) is 31.1 Å². The minimum absolute atomic E-state index is 0.269. The summed E-state index contributed by atoms with van der Waals surface area (Å²) in [7, 11) is 0. The second-order valence-corrected chi connectivity index (χ2v) is 4.60. The fourth-order valence-corrected chi connectivity index (χ4v) is 1.69. The molecular weight excluding hydrogens is 240 g/mol. The van der Waals surface area contributed by atoms with Crippen molar-refractivity contribution in [1.82, 2.24) is 10.6 Å². The van der Waals surface area contributed by atoms with E-state index in [1.54, 1.807) is 13.0 Å². The van der Waals surface area contributed by atoms with Crippen LogP contribution in [0.2, 0.25) is 0 Å². The highest BCUT2D eigenvalue weighted by atomic mass is 16.5. The molecule has 0 heterocycles. The number of rotatable bonds is 6. The number of nitrogens with one attached hydrogen (secondary N) is 2. The van der Waals surface area contributed by atoms with Gasteiger partial charge in [0.2, 0.25) is 0 Å². The lowest BCUT2D eigenvalue weighted by atomic mass is 10.0. The molecule has 0 fully saturated rings. The number of amides is 2. The molecule has 2 amide bonds. The number of para-hydroxylation sites is 1. The van der Waals surface area contributed by atoms with Crippen LogP contribution in [0.25, 0.3) is 0 Å². The lowest BCUT2D eigenvalue weighted by Crippen LogP contribution is -2.43. The number of urea groups is 1. The normalized spacial score (nSPS) is 11.8. The smallest absolute Gasteiger partial charge is 0.317 e. The summed E-state index contributed by atoms with van der Waals surface area (Å²) >= 11 is 0. The minimum atomic E-state index is -0.398. The second kappa shape index (κ2) is 7.46. The van der Waals surface area contributed by atoms with Crippen LogP contribution in [0.3, 0.4) is 0 Å². The maximum atomic E-state index is 11.5. The Morgan fingerprint density at radius 1 is 1.37 bits per heavy atom. The first-order chi connectivity index (χ1) is 9.04. The summed E-state index contributed by atoms with van der Waals surface area (Å²) in [5.74, 6) is 1.17. The first-order valence-electron chi connectivity index (χ1n) is 6.45. The van der Waals surface area contributed by atoms with Crippen LogP contribution in [-0.4, -0.2) is 18.8 Å². The van der Waals surface area contributed by atoms with Crippen molar-refractivity contribution in [1.29, 1.82) is 0 Å². The van der Waals surface area contributed by atoms with Crippen molar-refractivity contribution >= 4 is 6.03 Å². The zero-order chi connectivity index (χ0) is 14.3. The Kier molecular flexibility index (Phi) is 5.93. The molecule has 0 spiro atoms. The number of carbonyl (C=O) groups excluding carboxylic acids is 1. The molecule has 1 unspecified atom stereocenters. The Balaban J connectivity index is 2.59. The van der Waals surface area contributed by atoms with Gasteiger partial charge >= 0.3 is 6.03 Å². The molecule has 0 saturated carbocycles. The number of hydrogen-bond donors (Lipinski definition) is 2. The topological polar surface area (TPSA) is 50.4 Å². The Hall–Kier alpha value is -1.97. The average molecular weight is 262 g/mol. The van der Waals surface area contributed by atoms with Crippen LogP contribution in [0.5, 0.6) is 5.75 Å². The maximum absolute atomic E-state index is 11.5. The van der Waals surface area contributed by atoms with Crippen molar-refractivity contribution in [2.24, 2.45) is 0 Å². The van der Waals surface area contributed by atoms with Crippen molar-refractivity contribution in [2.45, 2.75) is 32.9 Å². The van der Waals surface area contributed by atoms with Crippen molar-refractivity contribution in [3.63, 3.8) is 0 Å². The highest BCUT2D eigenvalue weighted by molar-refractivity contribution is 5.74. The van der Waals surface area contributed by atoms with Crippen molar-refractivity contribution in [2.75, 3.05) is 6.54 Å². The summed E-state index contributed by atoms with van der Waals surface area (Å²) in [4.78, 5) is 11.5. The maximum Gasteiger partial charge on any atom is 0.317 e. The molecule has 1 rings (SSSR count). The van der Waals surface area contributed by atoms with Crippen LogP contribution in [0, 0.1) is 0 Å². The predicted molar refractivity (Wildman–Crippen MR) is 77.4 cm³/mol. The lowest BCUT2D eigenvalue weighted by molar-refractivity contribution is 0.176. The Bertz CT molecular complexity index is 430. The third-order valence-electron chi connectivity index (χ3n) is 2.59. The van der Waals surface area contributed by atoms with E-state index in [0.29, 0.717) is 12.5 Å². The van der Waals surface area contributed by atoms with Crippen LogP contribution in [0.1, 0.15) is 32.3 Å². The molecule has 4 nitrogen and oxygen atoms in total. The van der Waals surface area contributed by atoms with Gasteiger partial charge in [0.25, 0.3) is 0 Å². The first-order valence-corrected chi connectivity index (χ1v) is 6.45. The van der Waals surface area contributed by atoms with Crippen molar-refractivity contribution < 1.29 is 9.53 Å². The van der Waals surface area contributed by atoms with E-state index in [9.17, 15) is 4.79 Å². The van der Waals surface area contributed by atoms with E-state index in [0.717, 1.165) is 11.3 Å². The molecule has 2 N–H and O–H groups in total. The summed E-state index contributed by atoms with van der Waals surface area (Å²) < 4.78 is 5.76. The van der Waals surface area contributed by atoms with E-state index in [1.807, 2.05) is 24.3 Å². The fourth-order valence-electron chi connectivity index (χ4n) is 1.69. The van der Waals surface area contributed by atoms with Crippen LogP contribution in [0.15, 0.2) is 36.9 Å². The summed E-state index contributed by atoms with van der Waals surface area (Å²) in [5.41, 5.74) is 1.13. The van der Waals surface area contributed by atoms with Crippen LogP contribution < -0.4 is 15.4 Å². The first kappa shape index (κ1) is 15.1. The summed E-state index contributed by atoms with van der Waals surface area (Å²) in [6.07, 6.45) is 1.23. The zero-order valence-electron chi connectivity index (χ0n) is 11.8. The average Bonchev–Trinajstić information content (AvgIpc) is 2.36. The molecule has 0 radical (unpaired) electrons. The van der Waals surface area contributed by atoms with Gasteiger partial charge in [0.15, 0.2) is 6.23 Å². The summed E-state index contributed by atoms with van der Waals surface area (Å²) in [5, 5.41) is 5.35. The van der Waals surface area contributed by atoms with Gasteiger partial charge < -0.3 is 15.4 Å². The zero-order valence-corrected chi connectivity index (χ0v) is 11.8. The Morgan fingerprint density at radius 3 is 2.68 bits per heavy atom. The van der Waals surface area contributed by atoms with Crippen LogP contribution in [0.4, 0.5) is 4.79 Å². The molecule has 0 aliphatic carbocycles. The third kappa shape index (κ3) is 5.04. The lowest BCUT2D eigenvalue weighted by Gasteiger charge is -2.19. The van der Waals surface area contributed by atoms with E-state index in [1.165, 1.54) is 0 Å². The molecule has 0 bridgehead atoms. The molecule has 1 aromatic rings. The number of ether oxygens (including phenoxy) is 1. The molecule has 0 aliphatic rings. The summed E-state index contributed by atoms with van der Waals surface area (Å²) in [6, 6.07) is 7.58. The number of hydrogen-bond acceptors (Lipinski definition) is 2. The van der Waals surface area contributed by atoms with Gasteiger partial charge in [-0.3, -0.25) is 0 Å². The van der Waals surface area contributed by atoms with E-state index in [-0.39, 0.29) is 6.03 Å². The molecule has 0 aromatic heterocycles. The molecule has 104 valence electrons. The molecule has 1 atom stereocenters. The summed E-state index contributed by atoms with van der Waals surface area (Å²) in [6.45, 7) is 9.98. The van der Waals surface area contributed by atoms with Crippen molar-refractivity contribution in [3.05, 3.63) is 42.5 Å². The highest BCUT2D eigenvalue weighted by Gasteiger charge is 2.11. The van der Waals surface area contributed by atoms with E-state index < -0.39 is 6.23 Å². The molecule has 1 aromatic carbocycles. The van der Waals surface area contributed by atoms with E-state index >= 15 is 0 Å². The molecule has 0 saturated heterocycles. The van der Waals surface area contributed by atoms with Crippen LogP contribution in [-0.2, 0) is 0 Å². The predicted octanol–water partition coefficient (Wildman–Crippen LogP) is 3.02. The molecular formula is C15H22N2O2. The number of benzene rings is 1. The Morgan fingerprint density at radius 2 is 2.05 bits per heavy atom. The standard InChI is InChI=1S/C15H22N2O2/c1-5-10-16-15(18)17-12(4)19-14-9-7-6-8-13(14)11(2)3/h5-9,11-12H,1,10H2,2-4H3,(H2,16,17,18). The van der Waals surface area contributed by atoms with Gasteiger partial charge in [-0.15, -0.1) is 6.58 Å². The SMILES string of the molecule is C=CCNC(=O)NC(C)Oc1ccccc1C(C)C.